The average Bonchev–Trinajstić information content (AvgIpc) is 3.06. The van der Waals surface area contributed by atoms with Crippen LogP contribution < -0.4 is 4.90 Å². The largest absolute Gasteiger partial charge is 0.461 e. The number of nitrogens with zero attached hydrogens (tertiary/aromatic N) is 2. The van der Waals surface area contributed by atoms with Crippen molar-refractivity contribution in [3.63, 3.8) is 0 Å². The molecule has 4 aliphatic rings. The number of hydrogen-bond acceptors (Lipinski definition) is 6. The number of aliphatic hydroxyl groups excluding tert-OH is 1. The number of fused-ring (bicyclic) bond motifs is 2. The van der Waals surface area contributed by atoms with Crippen LogP contribution in [0.15, 0.2) is 42.5 Å². The molecule has 2 fully saturated rings. The van der Waals surface area contributed by atoms with Crippen LogP contribution in [0.25, 0.3) is 0 Å². The number of carbonyl (C=O) groups excluding carboxylic acids is 3. The number of esters is 1. The third-order valence-electron chi connectivity index (χ3n) is 7.78. The normalized spacial score (nSPS) is 33.8. The van der Waals surface area contributed by atoms with Crippen LogP contribution in [0.1, 0.15) is 30.9 Å². The first-order chi connectivity index (χ1) is 16.7. The number of likely N-dealkylation sites (tertiary alicyclic amines) is 1. The molecule has 35 heavy (non-hydrogen) atoms. The highest BCUT2D eigenvalue weighted by Gasteiger charge is 2.74. The molecule has 0 saturated carbocycles. The highest BCUT2D eigenvalue weighted by atomic mass is 16.6. The summed E-state index contributed by atoms with van der Waals surface area (Å²) in [5.41, 5.74) is 0.418. The first kappa shape index (κ1) is 23.8. The fraction of sp³-hybridized carbons (Fsp3) is 0.519. The molecule has 2 amide bonds. The molecule has 1 spiro atoms. The SMILES string of the molecule is Cc1ccc(C)c(N2CC=C[C@]34O[C@]5(C)C=CCOC(=O)[C@@H]5[C@H]3C(=O)N(CCCCO)C4C2=O)c1. The fourth-order valence-corrected chi connectivity index (χ4v) is 6.22. The van der Waals surface area contributed by atoms with Gasteiger partial charge in [0, 0.05) is 25.4 Å². The standard InChI is InChI=1S/C27H32N2O6/c1-17-8-9-18(2)19(16-17)28-13-6-11-27-20(21-25(33)34-15-7-10-26(21,3)35-27)23(31)29(12-4-5-14-30)22(27)24(28)32/h6-11,16,20-22,30H,4-5,12-15H2,1-3H3/t20-,21-,22?,26+,27-/m0/s1. The van der Waals surface area contributed by atoms with Crippen LogP contribution in [-0.4, -0.2) is 71.3 Å². The Hall–Kier alpha value is -2.97. The van der Waals surface area contributed by atoms with Crippen LogP contribution in [-0.2, 0) is 23.9 Å². The fourth-order valence-electron chi connectivity index (χ4n) is 6.22. The quantitative estimate of drug-likeness (QED) is 0.394. The van der Waals surface area contributed by atoms with Gasteiger partial charge in [0.2, 0.25) is 5.91 Å². The number of rotatable bonds is 5. The molecule has 0 aliphatic carbocycles. The van der Waals surface area contributed by atoms with Gasteiger partial charge in [0.1, 0.15) is 24.2 Å². The molecule has 186 valence electrons. The number of unbranched alkanes of at least 4 members (excludes halogenated alkanes) is 1. The van der Waals surface area contributed by atoms with Crippen LogP contribution in [0, 0.1) is 25.7 Å². The Morgan fingerprint density at radius 3 is 2.63 bits per heavy atom. The smallest absolute Gasteiger partial charge is 0.313 e. The van der Waals surface area contributed by atoms with E-state index < -0.39 is 35.0 Å². The predicted molar refractivity (Wildman–Crippen MR) is 129 cm³/mol. The van der Waals surface area contributed by atoms with Crippen molar-refractivity contribution < 1.29 is 29.0 Å². The van der Waals surface area contributed by atoms with Crippen LogP contribution in [0.4, 0.5) is 5.69 Å². The zero-order valence-corrected chi connectivity index (χ0v) is 20.4. The van der Waals surface area contributed by atoms with E-state index in [1.807, 2.05) is 44.2 Å². The molecular weight excluding hydrogens is 448 g/mol. The number of ether oxygens (including phenoxy) is 2. The van der Waals surface area contributed by atoms with Crippen molar-refractivity contribution >= 4 is 23.5 Å². The van der Waals surface area contributed by atoms with Gasteiger partial charge in [0.15, 0.2) is 0 Å². The van der Waals surface area contributed by atoms with Gasteiger partial charge in [-0.15, -0.1) is 0 Å². The number of benzene rings is 1. The van der Waals surface area contributed by atoms with Gasteiger partial charge < -0.3 is 24.4 Å². The molecule has 1 aromatic carbocycles. The van der Waals surface area contributed by atoms with Crippen molar-refractivity contribution in [1.29, 1.82) is 0 Å². The molecule has 0 aromatic heterocycles. The number of hydrogen-bond donors (Lipinski definition) is 1. The van der Waals surface area contributed by atoms with E-state index in [1.54, 1.807) is 28.9 Å². The lowest BCUT2D eigenvalue weighted by atomic mass is 9.75. The van der Waals surface area contributed by atoms with Gasteiger partial charge in [-0.1, -0.05) is 30.4 Å². The topological polar surface area (TPSA) is 96.4 Å². The summed E-state index contributed by atoms with van der Waals surface area (Å²) in [4.78, 5) is 44.6. The Kier molecular flexibility index (Phi) is 5.84. The molecule has 5 atom stereocenters. The average molecular weight is 481 g/mol. The van der Waals surface area contributed by atoms with Gasteiger partial charge in [-0.25, -0.2) is 0 Å². The summed E-state index contributed by atoms with van der Waals surface area (Å²) in [7, 11) is 0. The second-order valence-corrected chi connectivity index (χ2v) is 10.1. The summed E-state index contributed by atoms with van der Waals surface area (Å²) in [5.74, 6) is -2.74. The third kappa shape index (κ3) is 3.53. The summed E-state index contributed by atoms with van der Waals surface area (Å²) >= 11 is 0. The Morgan fingerprint density at radius 2 is 1.86 bits per heavy atom. The predicted octanol–water partition coefficient (Wildman–Crippen LogP) is 2.06. The highest BCUT2D eigenvalue weighted by molar-refractivity contribution is 6.06. The van der Waals surface area contributed by atoms with Gasteiger partial charge in [0.25, 0.3) is 5.91 Å². The van der Waals surface area contributed by atoms with Crippen molar-refractivity contribution in [3.8, 4) is 0 Å². The number of amides is 2. The highest BCUT2D eigenvalue weighted by Crippen LogP contribution is 2.57. The molecule has 1 aromatic rings. The molecule has 2 saturated heterocycles. The summed E-state index contributed by atoms with van der Waals surface area (Å²) in [6.07, 6.45) is 8.28. The maximum atomic E-state index is 14.3. The molecule has 1 unspecified atom stereocenters. The monoisotopic (exact) mass is 480 g/mol. The lowest BCUT2D eigenvalue weighted by Crippen LogP contribution is -2.56. The maximum Gasteiger partial charge on any atom is 0.313 e. The van der Waals surface area contributed by atoms with Crippen LogP contribution in [0.3, 0.4) is 0 Å². The van der Waals surface area contributed by atoms with E-state index in [1.165, 1.54) is 0 Å². The lowest BCUT2D eigenvalue weighted by Gasteiger charge is -2.37. The molecule has 4 heterocycles. The zero-order valence-electron chi connectivity index (χ0n) is 20.4. The van der Waals surface area contributed by atoms with Gasteiger partial charge in [-0.2, -0.15) is 0 Å². The lowest BCUT2D eigenvalue weighted by molar-refractivity contribution is -0.156. The van der Waals surface area contributed by atoms with Crippen LogP contribution in [0.5, 0.6) is 0 Å². The second-order valence-electron chi connectivity index (χ2n) is 10.1. The minimum Gasteiger partial charge on any atom is -0.461 e. The van der Waals surface area contributed by atoms with E-state index >= 15 is 0 Å². The number of aliphatic hydroxyl groups is 1. The van der Waals surface area contributed by atoms with E-state index in [9.17, 15) is 19.5 Å². The summed E-state index contributed by atoms with van der Waals surface area (Å²) < 4.78 is 12.1. The molecule has 0 radical (unpaired) electrons. The molecule has 0 bridgehead atoms. The first-order valence-corrected chi connectivity index (χ1v) is 12.3. The van der Waals surface area contributed by atoms with Gasteiger partial charge in [-0.3, -0.25) is 14.4 Å². The summed E-state index contributed by atoms with van der Waals surface area (Å²) in [5, 5.41) is 9.31. The van der Waals surface area contributed by atoms with E-state index in [2.05, 4.69) is 0 Å². The van der Waals surface area contributed by atoms with Gasteiger partial charge in [-0.05, 0) is 56.9 Å². The minimum atomic E-state index is -1.29. The third-order valence-corrected chi connectivity index (χ3v) is 7.78. The minimum absolute atomic E-state index is 0.00194. The van der Waals surface area contributed by atoms with E-state index in [4.69, 9.17) is 9.47 Å². The van der Waals surface area contributed by atoms with Crippen molar-refractivity contribution in [2.45, 2.75) is 50.9 Å². The summed E-state index contributed by atoms with van der Waals surface area (Å²) in [6, 6.07) is 5.03. The molecule has 8 nitrogen and oxygen atoms in total. The Morgan fingerprint density at radius 1 is 1.06 bits per heavy atom. The maximum absolute atomic E-state index is 14.3. The Bertz CT molecular complexity index is 1130. The number of anilines is 1. The van der Waals surface area contributed by atoms with Crippen molar-refractivity contribution in [1.82, 2.24) is 4.90 Å². The number of carbonyl (C=O) groups is 3. The molecule has 1 N–H and O–H groups in total. The Labute approximate surface area is 205 Å². The van der Waals surface area contributed by atoms with Crippen LogP contribution >= 0.6 is 0 Å². The van der Waals surface area contributed by atoms with Gasteiger partial charge >= 0.3 is 5.97 Å². The molecule has 5 rings (SSSR count). The first-order valence-electron chi connectivity index (χ1n) is 12.3. The second kappa shape index (κ2) is 8.60. The van der Waals surface area contributed by atoms with Crippen molar-refractivity contribution in [2.75, 3.05) is 31.2 Å². The van der Waals surface area contributed by atoms with E-state index in [0.717, 1.165) is 16.8 Å². The zero-order chi connectivity index (χ0) is 25.0. The molecular formula is C27H32N2O6. The van der Waals surface area contributed by atoms with Crippen LogP contribution in [0.2, 0.25) is 0 Å². The Balaban J connectivity index is 1.64. The van der Waals surface area contributed by atoms with E-state index in [-0.39, 0.29) is 25.0 Å². The van der Waals surface area contributed by atoms with Crippen molar-refractivity contribution in [2.24, 2.45) is 11.8 Å². The number of aryl methyl sites for hydroxylation is 2. The summed E-state index contributed by atoms with van der Waals surface area (Å²) in [6.45, 7) is 6.47. The number of cyclic esters (lactones) is 1. The van der Waals surface area contributed by atoms with Crippen molar-refractivity contribution in [3.05, 3.63) is 53.6 Å². The van der Waals surface area contributed by atoms with E-state index in [0.29, 0.717) is 25.9 Å². The van der Waals surface area contributed by atoms with Gasteiger partial charge in [0.05, 0.1) is 11.5 Å². The molecule has 4 aliphatic heterocycles. The molecule has 8 heteroatoms.